The van der Waals surface area contributed by atoms with E-state index in [1.165, 1.54) is 35.1 Å². The molecule has 0 saturated heterocycles. The van der Waals surface area contributed by atoms with Gasteiger partial charge in [0.15, 0.2) is 0 Å². The monoisotopic (exact) mass is 430 g/mol. The Kier molecular flexibility index (Phi) is 17.6. The van der Waals surface area contributed by atoms with E-state index in [0.29, 0.717) is 0 Å². The summed E-state index contributed by atoms with van der Waals surface area (Å²) in [5.41, 5.74) is 5.73. The molecule has 0 aliphatic carbocycles. The van der Waals surface area contributed by atoms with E-state index in [2.05, 4.69) is 77.9 Å². The zero-order valence-corrected chi connectivity index (χ0v) is 19.3. The minimum absolute atomic E-state index is 0. The topological polar surface area (TPSA) is 0 Å². The van der Waals surface area contributed by atoms with E-state index in [-0.39, 0.29) is 51.0 Å². The quantitative estimate of drug-likeness (QED) is 0.589. The van der Waals surface area contributed by atoms with Gasteiger partial charge in [-0.15, -0.1) is 0 Å². The molecular weight excluding hydrogens is 402 g/mol. The standard InChI is InChI=1S/2C10H15.2ClH.Zr/c2*1-8(2)6-10-5-4-9(3)7-10;;;/h2*4-5,7-8H,6H2,1-3H3;2*1H;/q2*-1;;;+4/p-2. The van der Waals surface area contributed by atoms with Gasteiger partial charge >= 0.3 is 26.2 Å². The van der Waals surface area contributed by atoms with Crippen LogP contribution < -0.4 is 24.8 Å². The molecule has 0 unspecified atom stereocenters. The molecule has 0 aliphatic heterocycles. The molecule has 0 atom stereocenters. The molecule has 0 aromatic heterocycles. The van der Waals surface area contributed by atoms with Crippen molar-refractivity contribution in [1.29, 1.82) is 0 Å². The molecule has 0 amide bonds. The van der Waals surface area contributed by atoms with E-state index >= 15 is 0 Å². The molecule has 0 aliphatic rings. The van der Waals surface area contributed by atoms with Crippen molar-refractivity contribution in [1.82, 2.24) is 0 Å². The molecule has 128 valence electrons. The Bertz CT molecular complexity index is 449. The Morgan fingerprint density at radius 1 is 0.739 bits per heavy atom. The van der Waals surface area contributed by atoms with Crippen LogP contribution in [0.15, 0.2) is 36.4 Å². The average Bonchev–Trinajstić information content (AvgIpc) is 2.87. The zero-order valence-electron chi connectivity index (χ0n) is 15.3. The van der Waals surface area contributed by atoms with Crippen LogP contribution in [0.4, 0.5) is 0 Å². The predicted molar refractivity (Wildman–Crippen MR) is 90.6 cm³/mol. The first-order valence-corrected chi connectivity index (χ1v) is 7.81. The van der Waals surface area contributed by atoms with Crippen LogP contribution in [-0.4, -0.2) is 0 Å². The summed E-state index contributed by atoms with van der Waals surface area (Å²) in [4.78, 5) is 0. The fraction of sp³-hybridized carbons (Fsp3) is 0.500. The second-order valence-corrected chi connectivity index (χ2v) is 6.79. The fourth-order valence-electron chi connectivity index (χ4n) is 2.45. The molecule has 0 bridgehead atoms. The van der Waals surface area contributed by atoms with Crippen LogP contribution in [0.2, 0.25) is 0 Å². The fourth-order valence-corrected chi connectivity index (χ4v) is 2.45. The molecule has 0 spiro atoms. The number of hydrogen-bond donors (Lipinski definition) is 0. The van der Waals surface area contributed by atoms with Crippen molar-refractivity contribution in [3.63, 3.8) is 0 Å². The van der Waals surface area contributed by atoms with E-state index < -0.39 is 0 Å². The van der Waals surface area contributed by atoms with Gasteiger partial charge in [0, 0.05) is 0 Å². The zero-order chi connectivity index (χ0) is 15.1. The van der Waals surface area contributed by atoms with Crippen molar-refractivity contribution in [2.45, 2.75) is 54.4 Å². The van der Waals surface area contributed by atoms with Crippen LogP contribution in [0.5, 0.6) is 0 Å². The summed E-state index contributed by atoms with van der Waals surface area (Å²) in [6.45, 7) is 13.3. The van der Waals surface area contributed by atoms with Crippen molar-refractivity contribution in [2.75, 3.05) is 0 Å². The summed E-state index contributed by atoms with van der Waals surface area (Å²) in [6, 6.07) is 13.3. The third-order valence-electron chi connectivity index (χ3n) is 3.23. The van der Waals surface area contributed by atoms with Gasteiger partial charge in [0.05, 0.1) is 0 Å². The number of hydrogen-bond acceptors (Lipinski definition) is 0. The van der Waals surface area contributed by atoms with Gasteiger partial charge in [-0.25, -0.2) is 12.1 Å². The van der Waals surface area contributed by atoms with Crippen LogP contribution in [-0.2, 0) is 39.0 Å². The SMILES string of the molecule is C[c-]1ccc(CC(C)C)c1.C[c-]1ccc(CC(C)C)c1.[Cl-].[Cl-].[Zr+4]. The van der Waals surface area contributed by atoms with Crippen molar-refractivity contribution < 1.29 is 51.0 Å². The minimum atomic E-state index is 0. The molecule has 0 nitrogen and oxygen atoms in total. The summed E-state index contributed by atoms with van der Waals surface area (Å²) in [7, 11) is 0. The van der Waals surface area contributed by atoms with Gasteiger partial charge in [-0.05, 0) is 0 Å². The molecule has 0 saturated carbocycles. The predicted octanol–water partition coefficient (Wildman–Crippen LogP) is -0.170. The molecule has 3 heteroatoms. The molecule has 2 aromatic carbocycles. The maximum Gasteiger partial charge on any atom is 4.00 e. The smallest absolute Gasteiger partial charge is 1.00 e. The minimum Gasteiger partial charge on any atom is -1.00 e. The van der Waals surface area contributed by atoms with Crippen LogP contribution in [0.3, 0.4) is 0 Å². The van der Waals surface area contributed by atoms with Gasteiger partial charge in [0.25, 0.3) is 0 Å². The molecule has 0 N–H and O–H groups in total. The van der Waals surface area contributed by atoms with Crippen molar-refractivity contribution in [2.24, 2.45) is 11.8 Å². The molecule has 2 rings (SSSR count). The molecule has 0 fully saturated rings. The Morgan fingerprint density at radius 3 is 1.22 bits per heavy atom. The third kappa shape index (κ3) is 13.2. The summed E-state index contributed by atoms with van der Waals surface area (Å²) in [6.07, 6.45) is 2.43. The molecule has 0 heterocycles. The first kappa shape index (κ1) is 28.0. The van der Waals surface area contributed by atoms with Crippen molar-refractivity contribution in [3.8, 4) is 0 Å². The summed E-state index contributed by atoms with van der Waals surface area (Å²) >= 11 is 0. The van der Waals surface area contributed by atoms with Crippen molar-refractivity contribution >= 4 is 0 Å². The van der Waals surface area contributed by atoms with E-state index in [1.54, 1.807) is 0 Å². The summed E-state index contributed by atoms with van der Waals surface area (Å²) < 4.78 is 0. The molecular formula is C20H30Cl2Zr. The van der Waals surface area contributed by atoms with E-state index in [9.17, 15) is 0 Å². The van der Waals surface area contributed by atoms with Gasteiger partial charge in [-0.2, -0.15) is 46.5 Å². The normalized spacial score (nSPS) is 9.39. The largest absolute Gasteiger partial charge is 4.00 e. The third-order valence-corrected chi connectivity index (χ3v) is 3.23. The van der Waals surface area contributed by atoms with Gasteiger partial charge in [0.2, 0.25) is 0 Å². The average molecular weight is 433 g/mol. The first-order valence-electron chi connectivity index (χ1n) is 7.81. The number of halogens is 2. The Morgan fingerprint density at radius 2 is 1.04 bits per heavy atom. The van der Waals surface area contributed by atoms with Crippen LogP contribution >= 0.6 is 0 Å². The van der Waals surface area contributed by atoms with E-state index in [1.807, 2.05) is 0 Å². The van der Waals surface area contributed by atoms with Gasteiger partial charge in [-0.3, -0.25) is 0 Å². The Balaban J connectivity index is -0.000000308. The molecule has 2 aromatic rings. The first-order chi connectivity index (χ1) is 9.36. The maximum atomic E-state index is 2.26. The van der Waals surface area contributed by atoms with Crippen LogP contribution in [0.25, 0.3) is 0 Å². The number of rotatable bonds is 4. The van der Waals surface area contributed by atoms with E-state index in [4.69, 9.17) is 0 Å². The van der Waals surface area contributed by atoms with Crippen molar-refractivity contribution in [3.05, 3.63) is 58.7 Å². The van der Waals surface area contributed by atoms with E-state index in [0.717, 1.165) is 11.8 Å². The summed E-state index contributed by atoms with van der Waals surface area (Å²) in [5, 5.41) is 0. The molecule has 0 radical (unpaired) electrons. The maximum absolute atomic E-state index is 2.26. The number of aryl methyl sites for hydroxylation is 2. The second-order valence-electron chi connectivity index (χ2n) is 6.79. The van der Waals surface area contributed by atoms with Crippen LogP contribution in [0, 0.1) is 25.7 Å². The Hall–Kier alpha value is 0.163. The molecule has 23 heavy (non-hydrogen) atoms. The second kappa shape index (κ2) is 14.5. The van der Waals surface area contributed by atoms with Gasteiger partial charge < -0.3 is 24.8 Å². The Labute approximate surface area is 175 Å². The summed E-state index contributed by atoms with van der Waals surface area (Å²) in [5.74, 6) is 1.56. The van der Waals surface area contributed by atoms with Gasteiger partial charge in [-0.1, -0.05) is 66.2 Å². The van der Waals surface area contributed by atoms with Gasteiger partial charge in [0.1, 0.15) is 0 Å². The van der Waals surface area contributed by atoms with Crippen LogP contribution in [0.1, 0.15) is 49.9 Å².